The van der Waals surface area contributed by atoms with Crippen molar-refractivity contribution >= 4 is 0 Å². The molecule has 0 atom stereocenters. The highest BCUT2D eigenvalue weighted by Crippen LogP contribution is 2.28. The molecule has 0 bridgehead atoms. The van der Waals surface area contributed by atoms with Gasteiger partial charge in [-0.1, -0.05) is 84.2 Å². The summed E-state index contributed by atoms with van der Waals surface area (Å²) in [4.78, 5) is 4.63. The molecule has 1 aromatic rings. The fourth-order valence-corrected chi connectivity index (χ4v) is 2.67. The Kier molecular flexibility index (Phi) is 9.36. The molecule has 0 saturated carbocycles. The van der Waals surface area contributed by atoms with Gasteiger partial charge in [0.05, 0.1) is 0 Å². The molecule has 3 heteroatoms. The molecule has 0 amide bonds. The Hall–Kier alpha value is -0.860. The summed E-state index contributed by atoms with van der Waals surface area (Å²) < 4.78 is 5.54. The largest absolute Gasteiger partial charge is 0.339 e. The quantitative estimate of drug-likeness (QED) is 0.430. The molecule has 21 heavy (non-hydrogen) atoms. The van der Waals surface area contributed by atoms with Crippen LogP contribution in [-0.4, -0.2) is 10.1 Å². The van der Waals surface area contributed by atoms with E-state index in [-0.39, 0.29) is 0 Å². The standard InChI is InChI=1S/C18H34N2O/c1-5-7-9-11-13-16(14-12-10-8-6-2)18-19-17(15(3)4)20-21-18/h15-16H,5-14H2,1-4H3. The second kappa shape index (κ2) is 10.8. The van der Waals surface area contributed by atoms with Crippen LogP contribution in [0.1, 0.15) is 115 Å². The van der Waals surface area contributed by atoms with Gasteiger partial charge >= 0.3 is 0 Å². The molecular weight excluding hydrogens is 260 g/mol. The maximum Gasteiger partial charge on any atom is 0.229 e. The molecule has 0 aliphatic carbocycles. The van der Waals surface area contributed by atoms with Crippen molar-refractivity contribution in [2.24, 2.45) is 0 Å². The Labute approximate surface area is 130 Å². The lowest BCUT2D eigenvalue weighted by Gasteiger charge is -2.12. The molecule has 0 aliphatic rings. The zero-order chi connectivity index (χ0) is 15.5. The molecule has 0 spiro atoms. The van der Waals surface area contributed by atoms with Gasteiger partial charge in [0, 0.05) is 11.8 Å². The Morgan fingerprint density at radius 3 is 1.86 bits per heavy atom. The molecule has 3 nitrogen and oxygen atoms in total. The Balaban J connectivity index is 2.52. The van der Waals surface area contributed by atoms with Crippen molar-refractivity contribution in [1.29, 1.82) is 0 Å². The van der Waals surface area contributed by atoms with Gasteiger partial charge in [-0.25, -0.2) is 0 Å². The van der Waals surface area contributed by atoms with Gasteiger partial charge < -0.3 is 4.52 Å². The molecule has 0 aliphatic heterocycles. The first kappa shape index (κ1) is 18.2. The average Bonchev–Trinajstić information content (AvgIpc) is 2.95. The maximum absolute atomic E-state index is 5.54. The van der Waals surface area contributed by atoms with Crippen LogP contribution in [0.15, 0.2) is 4.52 Å². The summed E-state index contributed by atoms with van der Waals surface area (Å²) >= 11 is 0. The van der Waals surface area contributed by atoms with Gasteiger partial charge in [0.1, 0.15) is 0 Å². The minimum Gasteiger partial charge on any atom is -0.339 e. The molecule has 1 aromatic heterocycles. The third kappa shape index (κ3) is 7.10. The van der Waals surface area contributed by atoms with E-state index in [2.05, 4.69) is 37.8 Å². The average molecular weight is 294 g/mol. The van der Waals surface area contributed by atoms with Crippen LogP contribution >= 0.6 is 0 Å². The number of hydrogen-bond donors (Lipinski definition) is 0. The van der Waals surface area contributed by atoms with E-state index >= 15 is 0 Å². The molecule has 0 aromatic carbocycles. The summed E-state index contributed by atoms with van der Waals surface area (Å²) in [5, 5.41) is 4.14. The predicted octanol–water partition coefficient (Wildman–Crippen LogP) is 6.22. The fraction of sp³-hybridized carbons (Fsp3) is 0.889. The highest BCUT2D eigenvalue weighted by Gasteiger charge is 2.19. The molecule has 1 heterocycles. The third-order valence-corrected chi connectivity index (χ3v) is 4.14. The van der Waals surface area contributed by atoms with Crippen molar-refractivity contribution in [1.82, 2.24) is 10.1 Å². The molecular formula is C18H34N2O. The minimum atomic E-state index is 0.350. The van der Waals surface area contributed by atoms with Crippen molar-refractivity contribution in [3.05, 3.63) is 11.7 Å². The molecule has 0 radical (unpaired) electrons. The van der Waals surface area contributed by atoms with E-state index in [0.717, 1.165) is 11.7 Å². The smallest absolute Gasteiger partial charge is 0.229 e. The van der Waals surface area contributed by atoms with Crippen molar-refractivity contribution in [3.8, 4) is 0 Å². The first-order valence-electron chi connectivity index (χ1n) is 9.02. The lowest BCUT2D eigenvalue weighted by molar-refractivity contribution is 0.327. The normalized spacial score (nSPS) is 11.7. The van der Waals surface area contributed by atoms with E-state index in [9.17, 15) is 0 Å². The van der Waals surface area contributed by atoms with E-state index in [1.807, 2.05) is 0 Å². The number of nitrogens with zero attached hydrogens (tertiary/aromatic N) is 2. The van der Waals surface area contributed by atoms with E-state index < -0.39 is 0 Å². The molecule has 1 rings (SSSR count). The van der Waals surface area contributed by atoms with Crippen molar-refractivity contribution in [2.75, 3.05) is 0 Å². The summed E-state index contributed by atoms with van der Waals surface area (Å²) in [5.74, 6) is 2.56. The highest BCUT2D eigenvalue weighted by molar-refractivity contribution is 4.97. The van der Waals surface area contributed by atoms with E-state index in [1.165, 1.54) is 64.2 Å². The van der Waals surface area contributed by atoms with Crippen LogP contribution in [0.25, 0.3) is 0 Å². The zero-order valence-electron chi connectivity index (χ0n) is 14.5. The summed E-state index contributed by atoms with van der Waals surface area (Å²) in [6, 6.07) is 0. The molecule has 0 fully saturated rings. The van der Waals surface area contributed by atoms with Crippen LogP contribution in [0.3, 0.4) is 0 Å². The topological polar surface area (TPSA) is 38.9 Å². The predicted molar refractivity (Wildman–Crippen MR) is 88.6 cm³/mol. The van der Waals surface area contributed by atoms with Crippen LogP contribution < -0.4 is 0 Å². The van der Waals surface area contributed by atoms with Crippen molar-refractivity contribution in [3.63, 3.8) is 0 Å². The van der Waals surface area contributed by atoms with Crippen LogP contribution in [0.4, 0.5) is 0 Å². The van der Waals surface area contributed by atoms with Gasteiger partial charge in [0.15, 0.2) is 5.82 Å². The Morgan fingerprint density at radius 1 is 0.857 bits per heavy atom. The van der Waals surface area contributed by atoms with Gasteiger partial charge in [-0.3, -0.25) is 0 Å². The first-order chi connectivity index (χ1) is 10.2. The Bertz CT molecular complexity index is 348. The van der Waals surface area contributed by atoms with Gasteiger partial charge in [-0.15, -0.1) is 0 Å². The van der Waals surface area contributed by atoms with E-state index in [1.54, 1.807) is 0 Å². The van der Waals surface area contributed by atoms with E-state index in [4.69, 9.17) is 4.52 Å². The third-order valence-electron chi connectivity index (χ3n) is 4.14. The summed E-state index contributed by atoms with van der Waals surface area (Å²) in [7, 11) is 0. The second-order valence-electron chi connectivity index (χ2n) is 6.54. The number of hydrogen-bond acceptors (Lipinski definition) is 3. The first-order valence-corrected chi connectivity index (χ1v) is 9.02. The van der Waals surface area contributed by atoms with Gasteiger partial charge in [0.25, 0.3) is 0 Å². The van der Waals surface area contributed by atoms with Crippen molar-refractivity contribution < 1.29 is 4.52 Å². The number of unbranched alkanes of at least 4 members (excludes halogenated alkanes) is 6. The molecule has 0 unspecified atom stereocenters. The number of rotatable bonds is 12. The molecule has 0 N–H and O–H groups in total. The van der Waals surface area contributed by atoms with Crippen LogP contribution in [0, 0.1) is 0 Å². The maximum atomic E-state index is 5.54. The highest BCUT2D eigenvalue weighted by atomic mass is 16.5. The van der Waals surface area contributed by atoms with Gasteiger partial charge in [0.2, 0.25) is 5.89 Å². The lowest BCUT2D eigenvalue weighted by Crippen LogP contribution is -2.01. The van der Waals surface area contributed by atoms with Crippen LogP contribution in [0.5, 0.6) is 0 Å². The van der Waals surface area contributed by atoms with Gasteiger partial charge in [-0.2, -0.15) is 4.98 Å². The van der Waals surface area contributed by atoms with Crippen LogP contribution in [-0.2, 0) is 0 Å². The van der Waals surface area contributed by atoms with Crippen LogP contribution in [0.2, 0.25) is 0 Å². The molecule has 0 saturated heterocycles. The second-order valence-corrected chi connectivity index (χ2v) is 6.54. The zero-order valence-corrected chi connectivity index (χ0v) is 14.5. The number of aromatic nitrogens is 2. The SMILES string of the molecule is CCCCCCC(CCCCCC)c1nc(C(C)C)no1. The van der Waals surface area contributed by atoms with Crippen molar-refractivity contribution in [2.45, 2.75) is 104 Å². The lowest BCUT2D eigenvalue weighted by atomic mass is 9.94. The monoisotopic (exact) mass is 294 g/mol. The summed E-state index contributed by atoms with van der Waals surface area (Å²) in [5.41, 5.74) is 0. The van der Waals surface area contributed by atoms with E-state index in [0.29, 0.717) is 11.8 Å². The Morgan fingerprint density at radius 2 is 1.43 bits per heavy atom. The summed E-state index contributed by atoms with van der Waals surface area (Å²) in [6.07, 6.45) is 12.9. The fourth-order valence-electron chi connectivity index (χ4n) is 2.67. The minimum absolute atomic E-state index is 0.350. The van der Waals surface area contributed by atoms with Gasteiger partial charge in [-0.05, 0) is 12.8 Å². The molecule has 122 valence electrons. The summed E-state index contributed by atoms with van der Waals surface area (Å²) in [6.45, 7) is 8.75.